The van der Waals surface area contributed by atoms with Crippen LogP contribution in [0.5, 0.6) is 5.75 Å². The second kappa shape index (κ2) is 6.01. The molecule has 0 aliphatic rings. The van der Waals surface area contributed by atoms with Gasteiger partial charge in [-0.2, -0.15) is 0 Å². The van der Waals surface area contributed by atoms with Crippen molar-refractivity contribution >= 4 is 5.78 Å². The first-order valence-corrected chi connectivity index (χ1v) is 6.14. The van der Waals surface area contributed by atoms with Crippen molar-refractivity contribution in [3.8, 4) is 5.75 Å². The van der Waals surface area contributed by atoms with Crippen LogP contribution in [0.1, 0.15) is 29.3 Å². The van der Waals surface area contributed by atoms with Gasteiger partial charge < -0.3 is 4.74 Å². The Bertz CT molecular complexity index is 518. The monoisotopic (exact) mass is 240 g/mol. The van der Waals surface area contributed by atoms with Crippen LogP contribution < -0.4 is 4.74 Å². The molecule has 2 nitrogen and oxygen atoms in total. The van der Waals surface area contributed by atoms with E-state index in [1.54, 1.807) is 6.07 Å². The van der Waals surface area contributed by atoms with Gasteiger partial charge in [-0.05, 0) is 18.6 Å². The van der Waals surface area contributed by atoms with E-state index in [-0.39, 0.29) is 5.78 Å². The zero-order valence-electron chi connectivity index (χ0n) is 10.4. The highest BCUT2D eigenvalue weighted by Gasteiger charge is 2.13. The number of benzene rings is 2. The SMILES string of the molecule is CCCOc1ccccc1C(=O)c1ccccc1. The predicted molar refractivity (Wildman–Crippen MR) is 72.1 cm³/mol. The maximum atomic E-state index is 12.4. The third-order valence-electron chi connectivity index (χ3n) is 2.63. The van der Waals surface area contributed by atoms with E-state index in [4.69, 9.17) is 4.74 Å². The third kappa shape index (κ3) is 2.77. The van der Waals surface area contributed by atoms with Gasteiger partial charge in [0, 0.05) is 5.56 Å². The van der Waals surface area contributed by atoms with Crippen LogP contribution in [0.2, 0.25) is 0 Å². The van der Waals surface area contributed by atoms with Crippen LogP contribution in [-0.4, -0.2) is 12.4 Å². The van der Waals surface area contributed by atoms with Crippen molar-refractivity contribution in [2.24, 2.45) is 0 Å². The Labute approximate surface area is 107 Å². The van der Waals surface area contributed by atoms with Crippen molar-refractivity contribution in [2.75, 3.05) is 6.61 Å². The Morgan fingerprint density at radius 2 is 1.67 bits per heavy atom. The van der Waals surface area contributed by atoms with Crippen molar-refractivity contribution in [2.45, 2.75) is 13.3 Å². The van der Waals surface area contributed by atoms with Gasteiger partial charge in [-0.1, -0.05) is 49.4 Å². The lowest BCUT2D eigenvalue weighted by Crippen LogP contribution is -2.05. The summed E-state index contributed by atoms with van der Waals surface area (Å²) < 4.78 is 5.61. The first-order chi connectivity index (χ1) is 8.83. The maximum Gasteiger partial charge on any atom is 0.196 e. The highest BCUT2D eigenvalue weighted by Crippen LogP contribution is 2.21. The van der Waals surface area contributed by atoms with Gasteiger partial charge in [-0.3, -0.25) is 4.79 Å². The molecule has 0 aromatic heterocycles. The Kier molecular flexibility index (Phi) is 4.13. The molecule has 0 fully saturated rings. The average molecular weight is 240 g/mol. The quantitative estimate of drug-likeness (QED) is 0.745. The molecular formula is C16H16O2. The van der Waals surface area contributed by atoms with Crippen molar-refractivity contribution in [1.82, 2.24) is 0 Å². The highest BCUT2D eigenvalue weighted by molar-refractivity contribution is 6.10. The van der Waals surface area contributed by atoms with Gasteiger partial charge in [0.05, 0.1) is 12.2 Å². The molecule has 0 amide bonds. The minimum atomic E-state index is 0.00213. The molecule has 0 heterocycles. The van der Waals surface area contributed by atoms with Crippen LogP contribution in [0.15, 0.2) is 54.6 Å². The summed E-state index contributed by atoms with van der Waals surface area (Å²) in [6, 6.07) is 16.6. The molecule has 0 radical (unpaired) electrons. The largest absolute Gasteiger partial charge is 0.493 e. The summed E-state index contributed by atoms with van der Waals surface area (Å²) in [5, 5.41) is 0. The Balaban J connectivity index is 2.30. The van der Waals surface area contributed by atoms with Crippen molar-refractivity contribution < 1.29 is 9.53 Å². The molecule has 0 bridgehead atoms. The molecule has 2 heteroatoms. The second-order valence-corrected chi connectivity index (χ2v) is 4.04. The maximum absolute atomic E-state index is 12.4. The molecule has 0 unspecified atom stereocenters. The van der Waals surface area contributed by atoms with E-state index in [2.05, 4.69) is 0 Å². The number of carbonyl (C=O) groups excluding carboxylic acids is 1. The van der Waals surface area contributed by atoms with Gasteiger partial charge in [0.1, 0.15) is 5.75 Å². The highest BCUT2D eigenvalue weighted by atomic mass is 16.5. The number of ketones is 1. The smallest absolute Gasteiger partial charge is 0.196 e. The van der Waals surface area contributed by atoms with Crippen molar-refractivity contribution in [3.05, 3.63) is 65.7 Å². The Morgan fingerprint density at radius 1 is 1.00 bits per heavy atom. The molecule has 0 aliphatic heterocycles. The van der Waals surface area contributed by atoms with Gasteiger partial charge in [0.15, 0.2) is 5.78 Å². The average Bonchev–Trinajstić information content (AvgIpc) is 2.45. The summed E-state index contributed by atoms with van der Waals surface area (Å²) in [6.45, 7) is 2.67. The molecule has 0 saturated heterocycles. The van der Waals surface area contributed by atoms with E-state index in [1.165, 1.54) is 0 Å². The van der Waals surface area contributed by atoms with Gasteiger partial charge in [-0.15, -0.1) is 0 Å². The minimum Gasteiger partial charge on any atom is -0.493 e. The molecule has 2 rings (SSSR count). The molecule has 0 N–H and O–H groups in total. The number of hydrogen-bond donors (Lipinski definition) is 0. The van der Waals surface area contributed by atoms with E-state index in [9.17, 15) is 4.79 Å². The lowest BCUT2D eigenvalue weighted by atomic mass is 10.0. The summed E-state index contributed by atoms with van der Waals surface area (Å²) in [5.41, 5.74) is 1.31. The molecule has 18 heavy (non-hydrogen) atoms. The van der Waals surface area contributed by atoms with E-state index < -0.39 is 0 Å². The van der Waals surface area contributed by atoms with Crippen LogP contribution >= 0.6 is 0 Å². The second-order valence-electron chi connectivity index (χ2n) is 4.04. The van der Waals surface area contributed by atoms with E-state index in [0.29, 0.717) is 23.5 Å². The Morgan fingerprint density at radius 3 is 2.39 bits per heavy atom. The summed E-state index contributed by atoms with van der Waals surface area (Å²) in [6.07, 6.45) is 0.924. The fourth-order valence-corrected chi connectivity index (χ4v) is 1.74. The fraction of sp³-hybridized carbons (Fsp3) is 0.188. The molecule has 2 aromatic carbocycles. The van der Waals surface area contributed by atoms with E-state index >= 15 is 0 Å². The summed E-state index contributed by atoms with van der Waals surface area (Å²) in [7, 11) is 0. The van der Waals surface area contributed by atoms with Crippen LogP contribution in [0, 0.1) is 0 Å². The van der Waals surface area contributed by atoms with Crippen LogP contribution in [-0.2, 0) is 0 Å². The van der Waals surface area contributed by atoms with Crippen LogP contribution in [0.3, 0.4) is 0 Å². The molecule has 0 spiro atoms. The van der Waals surface area contributed by atoms with E-state index in [1.807, 2.05) is 55.5 Å². The van der Waals surface area contributed by atoms with Gasteiger partial charge in [0.2, 0.25) is 0 Å². The lowest BCUT2D eigenvalue weighted by Gasteiger charge is -2.09. The molecule has 0 aliphatic carbocycles. The first-order valence-electron chi connectivity index (χ1n) is 6.14. The van der Waals surface area contributed by atoms with Crippen LogP contribution in [0.4, 0.5) is 0 Å². The number of rotatable bonds is 5. The van der Waals surface area contributed by atoms with Crippen LogP contribution in [0.25, 0.3) is 0 Å². The molecule has 0 saturated carbocycles. The van der Waals surface area contributed by atoms with Crippen molar-refractivity contribution in [3.63, 3.8) is 0 Å². The number of para-hydroxylation sites is 1. The predicted octanol–water partition coefficient (Wildman–Crippen LogP) is 3.71. The summed E-state index contributed by atoms with van der Waals surface area (Å²) in [4.78, 5) is 12.4. The number of hydrogen-bond acceptors (Lipinski definition) is 2. The van der Waals surface area contributed by atoms with Gasteiger partial charge in [0.25, 0.3) is 0 Å². The first kappa shape index (κ1) is 12.4. The Hall–Kier alpha value is -2.09. The molecule has 0 atom stereocenters. The summed E-state index contributed by atoms with van der Waals surface area (Å²) >= 11 is 0. The standard InChI is InChI=1S/C16H16O2/c1-2-12-18-15-11-7-6-10-14(15)16(17)13-8-4-3-5-9-13/h3-11H,2,12H2,1H3. The zero-order chi connectivity index (χ0) is 12.8. The number of carbonyl (C=O) groups is 1. The zero-order valence-corrected chi connectivity index (χ0v) is 10.4. The molecule has 92 valence electrons. The van der Waals surface area contributed by atoms with Crippen molar-refractivity contribution in [1.29, 1.82) is 0 Å². The number of ether oxygens (including phenoxy) is 1. The van der Waals surface area contributed by atoms with Gasteiger partial charge >= 0.3 is 0 Å². The molecular weight excluding hydrogens is 224 g/mol. The summed E-state index contributed by atoms with van der Waals surface area (Å²) in [5.74, 6) is 0.663. The van der Waals surface area contributed by atoms with Gasteiger partial charge in [-0.25, -0.2) is 0 Å². The topological polar surface area (TPSA) is 26.3 Å². The third-order valence-corrected chi connectivity index (χ3v) is 2.63. The molecule has 2 aromatic rings. The normalized spacial score (nSPS) is 10.1. The van der Waals surface area contributed by atoms with E-state index in [0.717, 1.165) is 6.42 Å². The minimum absolute atomic E-state index is 0.00213. The lowest BCUT2D eigenvalue weighted by molar-refractivity contribution is 0.103. The fourth-order valence-electron chi connectivity index (χ4n) is 1.74.